The van der Waals surface area contributed by atoms with Crippen molar-refractivity contribution in [2.24, 2.45) is 5.41 Å². The molecule has 14 heavy (non-hydrogen) atoms. The van der Waals surface area contributed by atoms with Crippen LogP contribution in [0.2, 0.25) is 0 Å². The average Bonchev–Trinajstić information content (AvgIpc) is 2.47. The molecule has 0 bridgehead atoms. The topological polar surface area (TPSA) is 44.1 Å². The van der Waals surface area contributed by atoms with Crippen LogP contribution < -0.4 is 4.74 Å². The Hall–Kier alpha value is -1.32. The lowest BCUT2D eigenvalue weighted by Crippen LogP contribution is -2.17. The molecule has 0 aliphatic carbocycles. The van der Waals surface area contributed by atoms with Crippen LogP contribution in [0.4, 0.5) is 0 Å². The van der Waals surface area contributed by atoms with E-state index in [1.807, 2.05) is 0 Å². The van der Waals surface area contributed by atoms with Crippen molar-refractivity contribution in [1.29, 1.82) is 0 Å². The number of rotatable bonds is 2. The Kier molecular flexibility index (Phi) is 2.93. The number of nitrogens with zero attached hydrogens (tertiary/aromatic N) is 2. The SMILES string of the molecule is CC(=O)n1ccc(OCC(C)(C)C)n1. The summed E-state index contributed by atoms with van der Waals surface area (Å²) in [7, 11) is 0. The number of hydrogen-bond acceptors (Lipinski definition) is 3. The largest absolute Gasteiger partial charge is 0.476 e. The molecule has 1 heterocycles. The van der Waals surface area contributed by atoms with Crippen LogP contribution in [0.5, 0.6) is 5.88 Å². The van der Waals surface area contributed by atoms with Crippen LogP contribution in [0.25, 0.3) is 0 Å². The van der Waals surface area contributed by atoms with Gasteiger partial charge >= 0.3 is 0 Å². The zero-order valence-electron chi connectivity index (χ0n) is 9.07. The molecule has 0 saturated carbocycles. The molecule has 4 nitrogen and oxygen atoms in total. The molecule has 0 spiro atoms. The molecule has 0 saturated heterocycles. The van der Waals surface area contributed by atoms with Gasteiger partial charge in [-0.2, -0.15) is 0 Å². The quantitative estimate of drug-likeness (QED) is 0.726. The molecular formula is C10H16N2O2. The molecule has 78 valence electrons. The summed E-state index contributed by atoms with van der Waals surface area (Å²) in [6.45, 7) is 8.28. The second kappa shape index (κ2) is 3.82. The molecule has 1 aromatic rings. The van der Waals surface area contributed by atoms with E-state index in [2.05, 4.69) is 25.9 Å². The summed E-state index contributed by atoms with van der Waals surface area (Å²) in [6.07, 6.45) is 1.60. The molecular weight excluding hydrogens is 180 g/mol. The van der Waals surface area contributed by atoms with Gasteiger partial charge in [-0.3, -0.25) is 4.79 Å². The predicted octanol–water partition coefficient (Wildman–Crippen LogP) is 1.97. The molecule has 0 aliphatic rings. The van der Waals surface area contributed by atoms with E-state index in [-0.39, 0.29) is 11.3 Å². The van der Waals surface area contributed by atoms with E-state index in [9.17, 15) is 4.79 Å². The highest BCUT2D eigenvalue weighted by Crippen LogP contribution is 2.15. The summed E-state index contributed by atoms with van der Waals surface area (Å²) in [6, 6.07) is 1.69. The van der Waals surface area contributed by atoms with Gasteiger partial charge in [0.05, 0.1) is 6.61 Å². The zero-order valence-corrected chi connectivity index (χ0v) is 9.07. The molecule has 0 N–H and O–H groups in total. The van der Waals surface area contributed by atoms with Gasteiger partial charge in [-0.1, -0.05) is 20.8 Å². The molecule has 0 aromatic carbocycles. The summed E-state index contributed by atoms with van der Waals surface area (Å²) in [4.78, 5) is 10.9. The Morgan fingerprint density at radius 2 is 2.21 bits per heavy atom. The minimum atomic E-state index is -0.115. The van der Waals surface area contributed by atoms with E-state index < -0.39 is 0 Å². The maximum Gasteiger partial charge on any atom is 0.243 e. The number of carbonyl (C=O) groups is 1. The molecule has 1 aromatic heterocycles. The van der Waals surface area contributed by atoms with Gasteiger partial charge in [-0.25, -0.2) is 4.68 Å². The van der Waals surface area contributed by atoms with E-state index in [0.717, 1.165) is 0 Å². The summed E-state index contributed by atoms with van der Waals surface area (Å²) < 4.78 is 6.68. The van der Waals surface area contributed by atoms with E-state index >= 15 is 0 Å². The van der Waals surface area contributed by atoms with Gasteiger partial charge in [0, 0.05) is 19.2 Å². The van der Waals surface area contributed by atoms with Crippen LogP contribution in [-0.4, -0.2) is 22.3 Å². The van der Waals surface area contributed by atoms with E-state index in [0.29, 0.717) is 12.5 Å². The maximum atomic E-state index is 10.9. The van der Waals surface area contributed by atoms with Crippen molar-refractivity contribution in [1.82, 2.24) is 9.78 Å². The average molecular weight is 196 g/mol. The molecule has 0 amide bonds. The van der Waals surface area contributed by atoms with Crippen molar-refractivity contribution < 1.29 is 9.53 Å². The Bertz CT molecular complexity index is 323. The highest BCUT2D eigenvalue weighted by molar-refractivity contribution is 5.75. The lowest BCUT2D eigenvalue weighted by Gasteiger charge is -2.17. The van der Waals surface area contributed by atoms with E-state index in [1.165, 1.54) is 11.6 Å². The second-order valence-electron chi connectivity index (χ2n) is 4.47. The van der Waals surface area contributed by atoms with Crippen LogP contribution in [0.15, 0.2) is 12.3 Å². The maximum absolute atomic E-state index is 10.9. The normalized spacial score (nSPS) is 11.4. The van der Waals surface area contributed by atoms with Gasteiger partial charge < -0.3 is 4.74 Å². The predicted molar refractivity (Wildman–Crippen MR) is 53.5 cm³/mol. The van der Waals surface area contributed by atoms with Crippen LogP contribution in [0.1, 0.15) is 32.5 Å². The summed E-state index contributed by atoms with van der Waals surface area (Å²) >= 11 is 0. The summed E-state index contributed by atoms with van der Waals surface area (Å²) in [5, 5.41) is 3.96. The Morgan fingerprint density at radius 1 is 1.57 bits per heavy atom. The highest BCUT2D eigenvalue weighted by Gasteiger charge is 2.12. The van der Waals surface area contributed by atoms with E-state index in [4.69, 9.17) is 4.74 Å². The first-order chi connectivity index (χ1) is 6.38. The third-order valence-electron chi connectivity index (χ3n) is 1.54. The standard InChI is InChI=1S/C10H16N2O2/c1-8(13)12-6-5-9(11-12)14-7-10(2,3)4/h5-6H,7H2,1-4H3. The minimum absolute atomic E-state index is 0.0972. The van der Waals surface area contributed by atoms with Gasteiger partial charge in [0.25, 0.3) is 0 Å². The number of hydrogen-bond donors (Lipinski definition) is 0. The van der Waals surface area contributed by atoms with Crippen molar-refractivity contribution in [3.63, 3.8) is 0 Å². The van der Waals surface area contributed by atoms with Crippen molar-refractivity contribution >= 4 is 5.91 Å². The third kappa shape index (κ3) is 3.20. The smallest absolute Gasteiger partial charge is 0.243 e. The Morgan fingerprint density at radius 3 is 2.64 bits per heavy atom. The fourth-order valence-corrected chi connectivity index (χ4v) is 0.850. The van der Waals surface area contributed by atoms with Crippen LogP contribution >= 0.6 is 0 Å². The van der Waals surface area contributed by atoms with E-state index in [1.54, 1.807) is 12.3 Å². The number of carbonyl (C=O) groups excluding carboxylic acids is 1. The first-order valence-electron chi connectivity index (χ1n) is 4.58. The molecule has 0 aliphatic heterocycles. The molecule has 0 radical (unpaired) electrons. The fraction of sp³-hybridized carbons (Fsp3) is 0.600. The molecule has 4 heteroatoms. The second-order valence-corrected chi connectivity index (χ2v) is 4.47. The lowest BCUT2D eigenvalue weighted by molar-refractivity contribution is 0.0917. The van der Waals surface area contributed by atoms with Crippen molar-refractivity contribution in [2.75, 3.05) is 6.61 Å². The highest BCUT2D eigenvalue weighted by atomic mass is 16.5. The minimum Gasteiger partial charge on any atom is -0.476 e. The lowest BCUT2D eigenvalue weighted by atomic mass is 9.99. The monoisotopic (exact) mass is 196 g/mol. The zero-order chi connectivity index (χ0) is 10.8. The van der Waals surface area contributed by atoms with Crippen molar-refractivity contribution in [3.8, 4) is 5.88 Å². The molecule has 1 rings (SSSR count). The third-order valence-corrected chi connectivity index (χ3v) is 1.54. The first-order valence-corrected chi connectivity index (χ1v) is 4.58. The summed E-state index contributed by atoms with van der Waals surface area (Å²) in [5.74, 6) is 0.380. The van der Waals surface area contributed by atoms with Gasteiger partial charge in [0.1, 0.15) is 0 Å². The Labute approximate surface area is 83.9 Å². The van der Waals surface area contributed by atoms with Gasteiger partial charge in [-0.15, -0.1) is 5.10 Å². The van der Waals surface area contributed by atoms with Crippen LogP contribution in [0.3, 0.4) is 0 Å². The van der Waals surface area contributed by atoms with Gasteiger partial charge in [0.15, 0.2) is 0 Å². The molecule has 0 atom stereocenters. The van der Waals surface area contributed by atoms with Crippen LogP contribution in [0, 0.1) is 5.41 Å². The molecule has 0 unspecified atom stereocenters. The van der Waals surface area contributed by atoms with Crippen LogP contribution in [-0.2, 0) is 0 Å². The Balaban J connectivity index is 2.56. The van der Waals surface area contributed by atoms with Crippen molar-refractivity contribution in [3.05, 3.63) is 12.3 Å². The van der Waals surface area contributed by atoms with Gasteiger partial charge in [-0.05, 0) is 5.41 Å². The number of ether oxygens (including phenoxy) is 1. The summed E-state index contributed by atoms with van der Waals surface area (Å²) in [5.41, 5.74) is 0.0972. The first kappa shape index (κ1) is 10.8. The fourth-order valence-electron chi connectivity index (χ4n) is 0.850. The molecule has 0 fully saturated rings. The van der Waals surface area contributed by atoms with Crippen molar-refractivity contribution in [2.45, 2.75) is 27.7 Å². The van der Waals surface area contributed by atoms with Gasteiger partial charge in [0.2, 0.25) is 11.8 Å². The number of aromatic nitrogens is 2.